The Morgan fingerprint density at radius 2 is 1.54 bits per heavy atom. The summed E-state index contributed by atoms with van der Waals surface area (Å²) in [6.45, 7) is 0.616. The van der Waals surface area contributed by atoms with Gasteiger partial charge in [0, 0.05) is 17.1 Å². The first kappa shape index (κ1) is 23.0. The van der Waals surface area contributed by atoms with Crippen LogP contribution in [0, 0.1) is 0 Å². The first-order chi connectivity index (χ1) is 17.0. The summed E-state index contributed by atoms with van der Waals surface area (Å²) in [6.07, 6.45) is 0. The molecule has 1 heterocycles. The van der Waals surface area contributed by atoms with E-state index in [1.807, 2.05) is 42.5 Å². The quantitative estimate of drug-likeness (QED) is 0.388. The standard InChI is InChI=1S/C28H21ClN2O3S/c29-22-13-10-19(11-14-22)17-30-27(32)21-12-15-26-24(16-21)31(18-20-6-2-1-3-7-20)28(33)23-8-4-5-9-25(23)35(26)34/h1-16H,17-18H2,(H,30,32). The van der Waals surface area contributed by atoms with Crippen LogP contribution in [-0.4, -0.2) is 16.0 Å². The van der Waals surface area contributed by atoms with Gasteiger partial charge in [0.2, 0.25) is 0 Å². The van der Waals surface area contributed by atoms with Gasteiger partial charge in [0.25, 0.3) is 11.8 Å². The summed E-state index contributed by atoms with van der Waals surface area (Å²) in [5.41, 5.74) is 3.08. The molecule has 4 aromatic rings. The molecule has 35 heavy (non-hydrogen) atoms. The van der Waals surface area contributed by atoms with Crippen LogP contribution in [0.25, 0.3) is 0 Å². The van der Waals surface area contributed by atoms with Crippen molar-refractivity contribution in [3.8, 4) is 0 Å². The molecule has 0 aliphatic carbocycles. The molecule has 2 amide bonds. The minimum Gasteiger partial charge on any atom is -0.348 e. The van der Waals surface area contributed by atoms with Gasteiger partial charge in [0.1, 0.15) is 0 Å². The number of amides is 2. The van der Waals surface area contributed by atoms with Gasteiger partial charge in [-0.1, -0.05) is 66.2 Å². The van der Waals surface area contributed by atoms with E-state index in [2.05, 4.69) is 5.32 Å². The molecular formula is C28H21ClN2O3S. The van der Waals surface area contributed by atoms with Gasteiger partial charge in [-0.15, -0.1) is 0 Å². The molecule has 5 nitrogen and oxygen atoms in total. The largest absolute Gasteiger partial charge is 0.348 e. The van der Waals surface area contributed by atoms with Crippen molar-refractivity contribution in [1.29, 1.82) is 0 Å². The predicted molar refractivity (Wildman–Crippen MR) is 137 cm³/mol. The zero-order chi connectivity index (χ0) is 24.4. The molecule has 1 aliphatic heterocycles. The number of nitrogens with zero attached hydrogens (tertiary/aromatic N) is 1. The van der Waals surface area contributed by atoms with E-state index < -0.39 is 10.8 Å². The second-order valence-corrected chi connectivity index (χ2v) is 9.99. The lowest BCUT2D eigenvalue weighted by atomic mass is 10.1. The number of carbonyl (C=O) groups excluding carboxylic acids is 2. The van der Waals surface area contributed by atoms with E-state index in [-0.39, 0.29) is 18.4 Å². The Hall–Kier alpha value is -3.74. The average molecular weight is 501 g/mol. The molecule has 5 rings (SSSR count). The third-order valence-corrected chi connectivity index (χ3v) is 7.58. The summed E-state index contributed by atoms with van der Waals surface area (Å²) >= 11 is 5.94. The molecule has 0 bridgehead atoms. The van der Waals surface area contributed by atoms with Crippen LogP contribution in [0.2, 0.25) is 5.02 Å². The summed E-state index contributed by atoms with van der Waals surface area (Å²) in [5.74, 6) is -0.544. The maximum atomic E-state index is 13.6. The van der Waals surface area contributed by atoms with Gasteiger partial charge in [-0.25, -0.2) is 4.21 Å². The minimum atomic E-state index is -1.57. The Kier molecular flexibility index (Phi) is 6.49. The molecule has 7 heteroatoms. The topological polar surface area (TPSA) is 66.5 Å². The zero-order valence-corrected chi connectivity index (χ0v) is 20.2. The Morgan fingerprint density at radius 1 is 0.829 bits per heavy atom. The fourth-order valence-electron chi connectivity index (χ4n) is 4.01. The lowest BCUT2D eigenvalue weighted by molar-refractivity contribution is 0.0947. The van der Waals surface area contributed by atoms with E-state index in [0.29, 0.717) is 38.2 Å². The van der Waals surface area contributed by atoms with E-state index in [1.165, 1.54) is 0 Å². The third-order valence-electron chi connectivity index (χ3n) is 5.82. The summed E-state index contributed by atoms with van der Waals surface area (Å²) in [6, 6.07) is 28.7. The van der Waals surface area contributed by atoms with Crippen molar-refractivity contribution in [2.45, 2.75) is 22.9 Å². The van der Waals surface area contributed by atoms with Gasteiger partial charge in [-0.3, -0.25) is 9.59 Å². The second kappa shape index (κ2) is 9.86. The van der Waals surface area contributed by atoms with Gasteiger partial charge in [-0.05, 0) is 53.6 Å². The van der Waals surface area contributed by atoms with Gasteiger partial charge in [0.05, 0.1) is 38.4 Å². The summed E-state index contributed by atoms with van der Waals surface area (Å²) in [5, 5.41) is 3.53. The SMILES string of the molecule is O=C(NCc1ccc(Cl)cc1)c1ccc2c(c1)N(Cc1ccccc1)C(=O)c1ccccc1S2=O. The molecule has 1 N–H and O–H groups in total. The number of hydrogen-bond acceptors (Lipinski definition) is 3. The second-order valence-electron chi connectivity index (χ2n) is 8.13. The third kappa shape index (κ3) is 4.76. The molecule has 1 unspecified atom stereocenters. The Labute approximate surface area is 210 Å². The van der Waals surface area contributed by atoms with Crippen molar-refractivity contribution in [3.63, 3.8) is 0 Å². The van der Waals surface area contributed by atoms with Crippen LogP contribution < -0.4 is 10.2 Å². The van der Waals surface area contributed by atoms with E-state index in [9.17, 15) is 13.8 Å². The fraction of sp³-hybridized carbons (Fsp3) is 0.0714. The number of anilines is 1. The molecule has 0 aromatic heterocycles. The van der Waals surface area contributed by atoms with Crippen LogP contribution in [0.1, 0.15) is 31.8 Å². The van der Waals surface area contributed by atoms with Crippen LogP contribution in [0.3, 0.4) is 0 Å². The van der Waals surface area contributed by atoms with E-state index in [0.717, 1.165) is 11.1 Å². The Morgan fingerprint density at radius 3 is 2.31 bits per heavy atom. The highest BCUT2D eigenvalue weighted by Crippen LogP contribution is 2.36. The highest BCUT2D eigenvalue weighted by Gasteiger charge is 2.31. The highest BCUT2D eigenvalue weighted by atomic mass is 35.5. The van der Waals surface area contributed by atoms with Crippen LogP contribution >= 0.6 is 11.6 Å². The van der Waals surface area contributed by atoms with Crippen LogP contribution in [0.5, 0.6) is 0 Å². The zero-order valence-electron chi connectivity index (χ0n) is 18.6. The van der Waals surface area contributed by atoms with Crippen molar-refractivity contribution in [2.24, 2.45) is 0 Å². The number of carbonyl (C=O) groups is 2. The number of rotatable bonds is 5. The number of hydrogen-bond donors (Lipinski definition) is 1. The van der Waals surface area contributed by atoms with Crippen LogP contribution in [-0.2, 0) is 23.9 Å². The van der Waals surface area contributed by atoms with Crippen molar-refractivity contribution in [1.82, 2.24) is 5.32 Å². The first-order valence-corrected chi connectivity index (χ1v) is 12.6. The number of benzene rings is 4. The predicted octanol–water partition coefficient (Wildman–Crippen LogP) is 5.60. The summed E-state index contributed by atoms with van der Waals surface area (Å²) < 4.78 is 13.5. The van der Waals surface area contributed by atoms with E-state index in [4.69, 9.17) is 11.6 Å². The molecular weight excluding hydrogens is 480 g/mol. The molecule has 4 aromatic carbocycles. The van der Waals surface area contributed by atoms with E-state index in [1.54, 1.807) is 59.5 Å². The van der Waals surface area contributed by atoms with Crippen molar-refractivity contribution >= 4 is 39.9 Å². The molecule has 0 radical (unpaired) electrons. The maximum Gasteiger partial charge on any atom is 0.259 e. The highest BCUT2D eigenvalue weighted by molar-refractivity contribution is 7.85. The Balaban J connectivity index is 1.52. The number of halogens is 1. The lowest BCUT2D eigenvalue weighted by Gasteiger charge is -2.23. The average Bonchev–Trinajstić information content (AvgIpc) is 2.98. The maximum absolute atomic E-state index is 13.6. The smallest absolute Gasteiger partial charge is 0.259 e. The monoisotopic (exact) mass is 500 g/mol. The molecule has 0 fully saturated rings. The lowest BCUT2D eigenvalue weighted by Crippen LogP contribution is -2.31. The Bertz CT molecular complexity index is 1440. The van der Waals surface area contributed by atoms with Gasteiger partial charge in [0.15, 0.2) is 0 Å². The minimum absolute atomic E-state index is 0.254. The van der Waals surface area contributed by atoms with Crippen LogP contribution in [0.15, 0.2) is 107 Å². The van der Waals surface area contributed by atoms with Crippen molar-refractivity contribution in [2.75, 3.05) is 4.90 Å². The fourth-order valence-corrected chi connectivity index (χ4v) is 5.49. The van der Waals surface area contributed by atoms with Gasteiger partial charge < -0.3 is 10.2 Å². The number of nitrogens with one attached hydrogen (secondary N) is 1. The normalized spacial score (nSPS) is 14.6. The van der Waals surface area contributed by atoms with Crippen molar-refractivity contribution < 1.29 is 13.8 Å². The van der Waals surface area contributed by atoms with Gasteiger partial charge >= 0.3 is 0 Å². The summed E-state index contributed by atoms with van der Waals surface area (Å²) in [7, 11) is -1.57. The summed E-state index contributed by atoms with van der Waals surface area (Å²) in [4.78, 5) is 29.2. The molecule has 174 valence electrons. The molecule has 1 aliphatic rings. The van der Waals surface area contributed by atoms with Crippen molar-refractivity contribution in [3.05, 3.63) is 124 Å². The first-order valence-electron chi connectivity index (χ1n) is 11.0. The molecule has 0 saturated carbocycles. The van der Waals surface area contributed by atoms with E-state index >= 15 is 0 Å². The molecule has 0 spiro atoms. The number of fused-ring (bicyclic) bond motifs is 2. The molecule has 1 atom stereocenters. The molecule has 0 saturated heterocycles. The van der Waals surface area contributed by atoms with Crippen LogP contribution in [0.4, 0.5) is 5.69 Å². The van der Waals surface area contributed by atoms with Gasteiger partial charge in [-0.2, -0.15) is 0 Å².